The molecule has 1 N–H and O–H groups in total. The molecule has 3 aromatic carbocycles. The third kappa shape index (κ3) is 3.24. The Bertz CT molecular complexity index is 1250. The van der Waals surface area contributed by atoms with E-state index in [0.717, 1.165) is 4.31 Å². The minimum atomic E-state index is -4.19. The molecule has 0 radical (unpaired) electrons. The SMILES string of the molecule is COc1ccc(S(=O)(=O)N2c3ccccc3C(O)(c3ccccc3Cl)C2Cl)cc1OC. The van der Waals surface area contributed by atoms with Crippen LogP contribution in [0.3, 0.4) is 0 Å². The Morgan fingerprint density at radius 3 is 2.19 bits per heavy atom. The lowest BCUT2D eigenvalue weighted by atomic mass is 9.88. The molecule has 0 amide bonds. The van der Waals surface area contributed by atoms with Gasteiger partial charge >= 0.3 is 0 Å². The maximum Gasteiger partial charge on any atom is 0.265 e. The van der Waals surface area contributed by atoms with Crippen molar-refractivity contribution >= 4 is 38.9 Å². The number of halogens is 2. The molecule has 1 aliphatic rings. The van der Waals surface area contributed by atoms with Crippen LogP contribution in [-0.4, -0.2) is 33.2 Å². The highest BCUT2D eigenvalue weighted by Crippen LogP contribution is 2.52. The summed E-state index contributed by atoms with van der Waals surface area (Å²) in [4.78, 5) is -0.0611. The first-order chi connectivity index (χ1) is 14.8. The number of hydrogen-bond donors (Lipinski definition) is 1. The lowest BCUT2D eigenvalue weighted by Crippen LogP contribution is -2.44. The predicted octanol–water partition coefficient (Wildman–Crippen LogP) is 4.37. The number of para-hydroxylation sites is 1. The number of aliphatic hydroxyl groups is 1. The van der Waals surface area contributed by atoms with Crippen molar-refractivity contribution in [1.29, 1.82) is 0 Å². The van der Waals surface area contributed by atoms with Crippen molar-refractivity contribution in [2.75, 3.05) is 18.5 Å². The second-order valence-electron chi connectivity index (χ2n) is 6.92. The van der Waals surface area contributed by atoms with Crippen LogP contribution in [0.4, 0.5) is 5.69 Å². The summed E-state index contributed by atoms with van der Waals surface area (Å²) in [5.41, 5.74) is -2.33. The van der Waals surface area contributed by atoms with Crippen LogP contribution in [0, 0.1) is 0 Å². The van der Waals surface area contributed by atoms with Gasteiger partial charge in [-0.15, -0.1) is 0 Å². The standard InChI is InChI=1S/C22H19Cl2NO5S/c1-29-19-12-11-14(13-20(19)30-2)31(27,28)25-18-10-6-4-8-16(18)22(26,21(25)24)15-7-3-5-9-17(15)23/h3-13,21,26H,1-2H3. The second kappa shape index (κ2) is 7.91. The predicted molar refractivity (Wildman–Crippen MR) is 120 cm³/mol. The monoisotopic (exact) mass is 479 g/mol. The van der Waals surface area contributed by atoms with E-state index in [9.17, 15) is 13.5 Å². The first-order valence-corrected chi connectivity index (χ1v) is 11.5. The van der Waals surface area contributed by atoms with Gasteiger partial charge in [0.2, 0.25) is 0 Å². The smallest absolute Gasteiger partial charge is 0.265 e. The number of fused-ring (bicyclic) bond motifs is 1. The number of methoxy groups -OCH3 is 2. The molecule has 0 saturated heterocycles. The van der Waals surface area contributed by atoms with Crippen LogP contribution in [0.2, 0.25) is 5.02 Å². The minimum Gasteiger partial charge on any atom is -0.493 e. The molecule has 0 bridgehead atoms. The van der Waals surface area contributed by atoms with Crippen molar-refractivity contribution in [3.8, 4) is 11.5 Å². The average molecular weight is 480 g/mol. The highest BCUT2D eigenvalue weighted by Gasteiger charge is 2.55. The van der Waals surface area contributed by atoms with Gasteiger partial charge in [-0.25, -0.2) is 12.7 Å². The summed E-state index contributed by atoms with van der Waals surface area (Å²) in [6.45, 7) is 0. The molecule has 0 aliphatic carbocycles. The van der Waals surface area contributed by atoms with Crippen LogP contribution in [0.5, 0.6) is 11.5 Å². The highest BCUT2D eigenvalue weighted by atomic mass is 35.5. The number of anilines is 1. The van der Waals surface area contributed by atoms with Gasteiger partial charge in [0.05, 0.1) is 24.8 Å². The molecule has 0 aromatic heterocycles. The summed E-state index contributed by atoms with van der Waals surface area (Å²) in [7, 11) is -1.31. The van der Waals surface area contributed by atoms with Crippen molar-refractivity contribution in [3.63, 3.8) is 0 Å². The van der Waals surface area contributed by atoms with E-state index in [2.05, 4.69) is 0 Å². The first-order valence-electron chi connectivity index (χ1n) is 9.24. The third-order valence-electron chi connectivity index (χ3n) is 5.30. The summed E-state index contributed by atoms with van der Waals surface area (Å²) >= 11 is 13.1. The molecule has 1 heterocycles. The molecule has 4 rings (SSSR count). The fraction of sp³-hybridized carbons (Fsp3) is 0.182. The number of hydrogen-bond acceptors (Lipinski definition) is 5. The van der Waals surface area contributed by atoms with E-state index in [1.807, 2.05) is 0 Å². The van der Waals surface area contributed by atoms with Crippen LogP contribution in [0.1, 0.15) is 11.1 Å². The lowest BCUT2D eigenvalue weighted by molar-refractivity contribution is 0.0884. The molecule has 0 spiro atoms. The van der Waals surface area contributed by atoms with Gasteiger partial charge in [-0.3, -0.25) is 0 Å². The number of alkyl halides is 1. The quantitative estimate of drug-likeness (QED) is 0.434. The summed E-state index contributed by atoms with van der Waals surface area (Å²) in [6, 6.07) is 17.5. The van der Waals surface area contributed by atoms with Crippen molar-refractivity contribution in [1.82, 2.24) is 0 Å². The summed E-state index contributed by atoms with van der Waals surface area (Å²) in [6.07, 6.45) is 0. The van der Waals surface area contributed by atoms with Gasteiger partial charge in [-0.05, 0) is 24.3 Å². The van der Waals surface area contributed by atoms with Gasteiger partial charge in [0.1, 0.15) is 0 Å². The van der Waals surface area contributed by atoms with Crippen LogP contribution in [0.15, 0.2) is 71.6 Å². The van der Waals surface area contributed by atoms with Crippen molar-refractivity contribution in [2.24, 2.45) is 0 Å². The Morgan fingerprint density at radius 2 is 1.55 bits per heavy atom. The van der Waals surface area contributed by atoms with Crippen LogP contribution >= 0.6 is 23.2 Å². The van der Waals surface area contributed by atoms with Gasteiger partial charge < -0.3 is 14.6 Å². The van der Waals surface area contributed by atoms with Gasteiger partial charge in [-0.1, -0.05) is 59.6 Å². The molecule has 9 heteroatoms. The molecule has 162 valence electrons. The molecule has 2 atom stereocenters. The van der Waals surface area contributed by atoms with E-state index in [-0.39, 0.29) is 21.4 Å². The molecule has 6 nitrogen and oxygen atoms in total. The number of benzene rings is 3. The van der Waals surface area contributed by atoms with Crippen molar-refractivity contribution in [2.45, 2.75) is 16.0 Å². The zero-order valence-electron chi connectivity index (χ0n) is 16.6. The number of sulfonamides is 1. The van der Waals surface area contributed by atoms with Gasteiger partial charge in [-0.2, -0.15) is 0 Å². The van der Waals surface area contributed by atoms with Crippen molar-refractivity contribution in [3.05, 3.63) is 82.9 Å². The Hall–Kier alpha value is -2.45. The molecule has 0 fully saturated rings. The minimum absolute atomic E-state index is 0.0611. The maximum absolute atomic E-state index is 13.7. The second-order valence-corrected chi connectivity index (χ2v) is 9.55. The molecule has 0 saturated carbocycles. The van der Waals surface area contributed by atoms with E-state index < -0.39 is 21.1 Å². The third-order valence-corrected chi connectivity index (χ3v) is 8.03. The summed E-state index contributed by atoms with van der Waals surface area (Å²) in [5.74, 6) is 0.641. The van der Waals surface area contributed by atoms with Gasteiger partial charge in [0.15, 0.2) is 22.6 Å². The van der Waals surface area contributed by atoms with Crippen LogP contribution < -0.4 is 13.8 Å². The van der Waals surface area contributed by atoms with Crippen molar-refractivity contribution < 1.29 is 23.0 Å². The van der Waals surface area contributed by atoms with E-state index in [1.54, 1.807) is 48.5 Å². The molecule has 1 aliphatic heterocycles. The van der Waals surface area contributed by atoms with Crippen LogP contribution in [-0.2, 0) is 15.6 Å². The zero-order valence-corrected chi connectivity index (χ0v) is 18.9. The largest absolute Gasteiger partial charge is 0.493 e. The number of rotatable bonds is 5. The van der Waals surface area contributed by atoms with E-state index in [0.29, 0.717) is 16.9 Å². The molecule has 31 heavy (non-hydrogen) atoms. The number of nitrogens with zero attached hydrogens (tertiary/aromatic N) is 1. The van der Waals surface area contributed by atoms with E-state index >= 15 is 0 Å². The Labute approximate surface area is 190 Å². The Balaban J connectivity index is 1.92. The first kappa shape index (κ1) is 21.8. The Morgan fingerprint density at radius 1 is 0.935 bits per heavy atom. The average Bonchev–Trinajstić information content (AvgIpc) is 3.01. The maximum atomic E-state index is 13.7. The molecule has 2 unspecified atom stereocenters. The molecular formula is C22H19Cl2NO5S. The Kier molecular flexibility index (Phi) is 5.55. The normalized spacial score (nSPS) is 20.4. The van der Waals surface area contributed by atoms with Crippen LogP contribution in [0.25, 0.3) is 0 Å². The van der Waals surface area contributed by atoms with E-state index in [1.165, 1.54) is 32.4 Å². The molecule has 3 aromatic rings. The van der Waals surface area contributed by atoms with Gasteiger partial charge in [0.25, 0.3) is 10.0 Å². The van der Waals surface area contributed by atoms with Gasteiger partial charge in [0, 0.05) is 22.2 Å². The highest BCUT2D eigenvalue weighted by molar-refractivity contribution is 7.93. The fourth-order valence-electron chi connectivity index (χ4n) is 3.79. The topological polar surface area (TPSA) is 76.1 Å². The lowest BCUT2D eigenvalue weighted by Gasteiger charge is -2.31. The van der Waals surface area contributed by atoms with E-state index in [4.69, 9.17) is 32.7 Å². The fourth-order valence-corrected chi connectivity index (χ4v) is 6.27. The molecular weight excluding hydrogens is 461 g/mol. The summed E-state index contributed by atoms with van der Waals surface area (Å²) in [5, 5.41) is 12.0. The zero-order chi connectivity index (χ0) is 22.4. The number of ether oxygens (including phenoxy) is 2. The summed E-state index contributed by atoms with van der Waals surface area (Å²) < 4.78 is 38.8.